The summed E-state index contributed by atoms with van der Waals surface area (Å²) in [7, 11) is 0. The van der Waals surface area contributed by atoms with Gasteiger partial charge in [-0.1, -0.05) is 230 Å². The topological polar surface area (TPSA) is 146 Å². The highest BCUT2D eigenvalue weighted by Gasteiger charge is 2.25. The fourth-order valence-corrected chi connectivity index (χ4v) is 14.6. The first kappa shape index (κ1) is 72.7. The quantitative estimate of drug-likeness (QED) is 0.0356. The second-order valence-electron chi connectivity index (χ2n) is 28.9. The normalized spacial score (nSPS) is 11.7. The van der Waals surface area contributed by atoms with Crippen LogP contribution in [0.15, 0.2) is 170 Å². The number of aromatic amines is 2. The largest absolute Gasteiger partial charge is 0.457 e. The second-order valence-corrected chi connectivity index (χ2v) is 28.9. The number of aromatic nitrogens is 8. The lowest BCUT2D eigenvalue weighted by Crippen LogP contribution is -1.89. The molecule has 0 unspecified atom stereocenters. The number of benzene rings is 8. The van der Waals surface area contributed by atoms with Crippen molar-refractivity contribution in [3.8, 4) is 91.5 Å². The molecule has 5 heterocycles. The molecule has 0 spiro atoms. The van der Waals surface area contributed by atoms with Crippen LogP contribution in [0.5, 0.6) is 46.0 Å². The summed E-state index contributed by atoms with van der Waals surface area (Å²) in [6.45, 7) is 9.09. The van der Waals surface area contributed by atoms with E-state index in [1.54, 1.807) is 0 Å². The van der Waals surface area contributed by atoms with Crippen molar-refractivity contribution in [1.29, 1.82) is 0 Å². The number of hydrogen-bond donors (Lipinski definition) is 2. The first-order valence-corrected chi connectivity index (χ1v) is 39.8. The number of ether oxygens (including phenoxy) is 4. The molecule has 2 N–H and O–H groups in total. The zero-order valence-corrected chi connectivity index (χ0v) is 62.1. The highest BCUT2D eigenvalue weighted by Crippen LogP contribution is 2.42. The van der Waals surface area contributed by atoms with Gasteiger partial charge in [-0.2, -0.15) is 0 Å². The van der Waals surface area contributed by atoms with Crippen LogP contribution >= 0.6 is 0 Å². The fraction of sp³-hybridized carbons (Fsp3) is 0.391. The molecular weight excluding hydrogens is 1280 g/mol. The lowest BCUT2D eigenvalue weighted by Gasteiger charge is -2.09. The van der Waals surface area contributed by atoms with E-state index in [4.69, 9.17) is 48.9 Å². The van der Waals surface area contributed by atoms with Crippen LogP contribution < -0.4 is 18.9 Å². The lowest BCUT2D eigenvalue weighted by molar-refractivity contribution is 0.482. The van der Waals surface area contributed by atoms with Gasteiger partial charge < -0.3 is 28.9 Å². The first-order chi connectivity index (χ1) is 51.3. The minimum atomic E-state index is 0.461. The molecule has 12 heteroatoms. The summed E-state index contributed by atoms with van der Waals surface area (Å²) >= 11 is 0. The molecule has 8 bridgehead atoms. The van der Waals surface area contributed by atoms with Gasteiger partial charge in [-0.3, -0.25) is 0 Å². The molecule has 0 aliphatic carbocycles. The minimum Gasteiger partial charge on any atom is -0.457 e. The molecule has 538 valence electrons. The van der Waals surface area contributed by atoms with E-state index in [0.29, 0.717) is 68.9 Å². The molecule has 0 atom stereocenters. The Hall–Kier alpha value is -9.68. The van der Waals surface area contributed by atoms with Gasteiger partial charge in [0, 0.05) is 43.8 Å². The highest BCUT2D eigenvalue weighted by atomic mass is 16.5. The van der Waals surface area contributed by atoms with Crippen LogP contribution in [-0.2, 0) is 25.7 Å². The maximum absolute atomic E-state index is 6.69. The number of unbranched alkanes of at least 4 members (excludes halogenated alkanes) is 24. The van der Waals surface area contributed by atoms with E-state index in [1.807, 2.05) is 72.8 Å². The van der Waals surface area contributed by atoms with E-state index in [-0.39, 0.29) is 0 Å². The van der Waals surface area contributed by atoms with Crippen LogP contribution in [0.4, 0.5) is 0 Å². The smallest absolute Gasteiger partial charge is 0.164 e. The Morgan fingerprint density at radius 3 is 0.731 bits per heavy atom. The summed E-state index contributed by atoms with van der Waals surface area (Å²) in [6, 6.07) is 58.4. The van der Waals surface area contributed by atoms with Gasteiger partial charge in [0.1, 0.15) is 68.6 Å². The van der Waals surface area contributed by atoms with Gasteiger partial charge in [0.25, 0.3) is 0 Å². The van der Waals surface area contributed by atoms with Crippen molar-refractivity contribution in [3.05, 3.63) is 192 Å². The summed E-state index contributed by atoms with van der Waals surface area (Å²) in [5.41, 5.74) is 10.6. The summed E-state index contributed by atoms with van der Waals surface area (Å²) < 4.78 is 26.7. The van der Waals surface area contributed by atoms with E-state index < -0.39 is 0 Å². The Bertz CT molecular complexity index is 4450. The van der Waals surface area contributed by atoms with Gasteiger partial charge in [0.05, 0.1) is 0 Å². The average Bonchev–Trinajstić information content (AvgIpc) is 1.60. The molecule has 0 fully saturated rings. The van der Waals surface area contributed by atoms with Crippen molar-refractivity contribution < 1.29 is 18.9 Å². The fourth-order valence-electron chi connectivity index (χ4n) is 14.6. The molecule has 3 aromatic heterocycles. The SMILES string of the molecule is CCCCCCCCCc1ccc(Oc2ccc3c(c2)-c2nc-3nc3[nH]c(nc4nc(nc5[nH]c(n2)c2ccc(Oc6ccc(CCCCCCCCC)cc6)cc52)-c2ccc(Oc5ccc(CCCCCCCCC)cc5)cc2-4)c2ccc(Oc4ccc(CCCCCCCCC)cc4)cc32)cc1. The summed E-state index contributed by atoms with van der Waals surface area (Å²) in [5.74, 6) is 7.53. The van der Waals surface area contributed by atoms with Gasteiger partial charge in [0.15, 0.2) is 23.3 Å². The Morgan fingerprint density at radius 1 is 0.212 bits per heavy atom. The van der Waals surface area contributed by atoms with Gasteiger partial charge in [-0.25, -0.2) is 29.9 Å². The molecule has 2 aliphatic rings. The van der Waals surface area contributed by atoms with Crippen LogP contribution in [0.1, 0.15) is 230 Å². The van der Waals surface area contributed by atoms with E-state index in [1.165, 1.54) is 202 Å². The highest BCUT2D eigenvalue weighted by molar-refractivity contribution is 6.07. The van der Waals surface area contributed by atoms with E-state index in [9.17, 15) is 0 Å². The maximum Gasteiger partial charge on any atom is 0.164 e. The van der Waals surface area contributed by atoms with Crippen molar-refractivity contribution in [1.82, 2.24) is 39.9 Å². The number of hydrogen-bond acceptors (Lipinski definition) is 10. The van der Waals surface area contributed by atoms with Gasteiger partial charge in [-0.05, 0) is 195 Å². The number of rotatable bonds is 40. The van der Waals surface area contributed by atoms with Gasteiger partial charge >= 0.3 is 0 Å². The zero-order valence-electron chi connectivity index (χ0n) is 62.1. The van der Waals surface area contributed by atoms with E-state index >= 15 is 0 Å². The number of fused-ring (bicyclic) bond motifs is 20. The number of nitrogens with zero attached hydrogens (tertiary/aromatic N) is 6. The maximum atomic E-state index is 6.69. The van der Waals surface area contributed by atoms with E-state index in [0.717, 1.165) is 92.5 Å². The predicted molar refractivity (Wildman–Crippen MR) is 429 cm³/mol. The Kier molecular flexibility index (Phi) is 26.0. The third-order valence-electron chi connectivity index (χ3n) is 20.6. The third kappa shape index (κ3) is 19.6. The van der Waals surface area contributed by atoms with Gasteiger partial charge in [-0.15, -0.1) is 0 Å². The van der Waals surface area contributed by atoms with Crippen LogP contribution in [0, 0.1) is 0 Å². The molecule has 0 amide bonds. The minimum absolute atomic E-state index is 0.461. The Labute approximate surface area is 616 Å². The zero-order chi connectivity index (χ0) is 71.1. The molecule has 104 heavy (non-hydrogen) atoms. The second kappa shape index (κ2) is 37.2. The third-order valence-corrected chi connectivity index (χ3v) is 20.6. The summed E-state index contributed by atoms with van der Waals surface area (Å²) in [5, 5.41) is 3.24. The average molecular weight is 1390 g/mol. The van der Waals surface area contributed by atoms with E-state index in [2.05, 4.69) is 135 Å². The molecule has 8 aromatic carbocycles. The standard InChI is InChI=1S/C92H106N8O4/c1-5-9-13-17-21-25-29-33-65-37-45-69(46-38-65)101-73-53-57-77-81(61-73)89-93-85(77)98-90-83-63-75(103-71-49-41-67(42-50-71)35-31-27-23-19-15-11-7-3)55-59-79(83)87(95-90)100-92-84-64-76(104-72-51-43-68(44-52-72)36-32-28-24-20-16-12-8-4)56-60-80(84)88(96-92)99-91-82-62-74(54-58-78(82)86(94-91)97-89)102-70-47-39-66(40-48-70)34-30-26-22-18-14-10-6-2/h37-64H,5-36H2,1-4H3,(H2,93,94,95,96,97,98,99,100). The Morgan fingerprint density at radius 2 is 0.442 bits per heavy atom. The van der Waals surface area contributed by atoms with Crippen molar-refractivity contribution in [3.63, 3.8) is 0 Å². The lowest BCUT2D eigenvalue weighted by atomic mass is 10.0. The molecule has 0 radical (unpaired) electrons. The van der Waals surface area contributed by atoms with Crippen molar-refractivity contribution in [2.75, 3.05) is 0 Å². The predicted octanol–water partition coefficient (Wildman–Crippen LogP) is 27.2. The molecule has 0 saturated heterocycles. The monoisotopic (exact) mass is 1390 g/mol. The molecule has 11 aromatic rings. The van der Waals surface area contributed by atoms with Crippen LogP contribution in [0.3, 0.4) is 0 Å². The number of nitrogens with one attached hydrogen (secondary N) is 2. The molecular formula is C92H106N8O4. The molecule has 0 saturated carbocycles. The number of aryl methyl sites for hydroxylation is 4. The summed E-state index contributed by atoms with van der Waals surface area (Å²) in [4.78, 5) is 39.8. The molecule has 13 rings (SSSR count). The Balaban J connectivity index is 0.882. The van der Waals surface area contributed by atoms with Gasteiger partial charge in [0.2, 0.25) is 0 Å². The number of H-pyrrole nitrogens is 2. The van der Waals surface area contributed by atoms with Crippen LogP contribution in [0.25, 0.3) is 89.7 Å². The van der Waals surface area contributed by atoms with Crippen molar-refractivity contribution >= 4 is 44.1 Å². The molecule has 2 aliphatic heterocycles. The summed E-state index contributed by atoms with van der Waals surface area (Å²) in [6.07, 6.45) is 40.2. The first-order valence-electron chi connectivity index (χ1n) is 39.8. The van der Waals surface area contributed by atoms with Crippen molar-refractivity contribution in [2.24, 2.45) is 0 Å². The van der Waals surface area contributed by atoms with Crippen molar-refractivity contribution in [2.45, 2.75) is 233 Å². The molecule has 12 nitrogen and oxygen atoms in total. The van der Waals surface area contributed by atoms with Crippen LogP contribution in [-0.4, -0.2) is 39.9 Å². The van der Waals surface area contributed by atoms with Crippen LogP contribution in [0.2, 0.25) is 0 Å².